The molecule has 16 rings (SSSR count). The highest BCUT2D eigenvalue weighted by atomic mass is 79.9. The lowest BCUT2D eigenvalue weighted by molar-refractivity contribution is 0.426. The molecule has 0 atom stereocenters. The molecule has 0 radical (unpaired) electrons. The molecule has 4 heterocycles. The van der Waals surface area contributed by atoms with Gasteiger partial charge in [0.25, 0.3) is 0 Å². The molecule has 0 bridgehead atoms. The summed E-state index contributed by atoms with van der Waals surface area (Å²) in [5.74, 6) is 1.45. The van der Waals surface area contributed by atoms with Crippen molar-refractivity contribution in [2.24, 2.45) is 0 Å². The van der Waals surface area contributed by atoms with E-state index in [0.29, 0.717) is 5.46 Å². The van der Waals surface area contributed by atoms with Crippen molar-refractivity contribution in [3.63, 3.8) is 0 Å². The molecular formula is C80H56BBrN6O2. The van der Waals surface area contributed by atoms with Gasteiger partial charge < -0.3 is 19.2 Å². The first-order valence-electron chi connectivity index (χ1n) is 29.8. The Morgan fingerprint density at radius 2 is 0.567 bits per heavy atom. The molecule has 428 valence electrons. The van der Waals surface area contributed by atoms with E-state index in [1.165, 1.54) is 32.6 Å². The van der Waals surface area contributed by atoms with Crippen LogP contribution in [0.15, 0.2) is 332 Å². The fourth-order valence-electron chi connectivity index (χ4n) is 11.6. The highest BCUT2D eigenvalue weighted by Gasteiger charge is 2.17. The van der Waals surface area contributed by atoms with E-state index in [1.807, 2.05) is 140 Å². The van der Waals surface area contributed by atoms with Crippen LogP contribution in [-0.2, 0) is 0 Å². The van der Waals surface area contributed by atoms with Gasteiger partial charge in [0.05, 0.1) is 44.8 Å². The summed E-state index contributed by atoms with van der Waals surface area (Å²) in [6.07, 6.45) is 0. The van der Waals surface area contributed by atoms with Crippen LogP contribution in [0.3, 0.4) is 0 Å². The van der Waals surface area contributed by atoms with E-state index >= 15 is 0 Å². The van der Waals surface area contributed by atoms with Gasteiger partial charge in [-0.3, -0.25) is 0 Å². The Morgan fingerprint density at radius 1 is 0.256 bits per heavy atom. The molecule has 0 unspecified atom stereocenters. The molecule has 8 nitrogen and oxygen atoms in total. The van der Waals surface area contributed by atoms with Gasteiger partial charge in [0, 0.05) is 70.8 Å². The number of nitrogens with zero attached hydrogens (tertiary/aromatic N) is 6. The van der Waals surface area contributed by atoms with Crippen LogP contribution < -0.4 is 5.46 Å². The lowest BCUT2D eigenvalue weighted by Crippen LogP contribution is -2.29. The second-order valence-corrected chi connectivity index (χ2v) is 22.6. The predicted octanol–water partition coefficient (Wildman–Crippen LogP) is 18.9. The van der Waals surface area contributed by atoms with Crippen LogP contribution in [-0.4, -0.2) is 46.2 Å². The number of para-hydroxylation sites is 4. The van der Waals surface area contributed by atoms with Crippen molar-refractivity contribution < 1.29 is 10.0 Å². The number of hydrogen-bond acceptors (Lipinski definition) is 6. The van der Waals surface area contributed by atoms with Gasteiger partial charge in [-0.1, -0.05) is 265 Å². The Morgan fingerprint density at radius 3 is 0.956 bits per heavy atom. The number of halogens is 1. The van der Waals surface area contributed by atoms with Crippen LogP contribution in [0.25, 0.3) is 134 Å². The summed E-state index contributed by atoms with van der Waals surface area (Å²) in [6, 6.07) is 112. The molecule has 0 amide bonds. The Hall–Kier alpha value is -11.1. The van der Waals surface area contributed by atoms with Gasteiger partial charge in [-0.25, -0.2) is 19.9 Å². The molecule has 16 aromatic rings. The van der Waals surface area contributed by atoms with Crippen LogP contribution >= 0.6 is 15.9 Å². The largest absolute Gasteiger partial charge is 0.488 e. The maximum Gasteiger partial charge on any atom is 0.488 e. The molecule has 0 saturated carbocycles. The lowest BCUT2D eigenvalue weighted by Gasteiger charge is -2.11. The highest BCUT2D eigenvalue weighted by Crippen LogP contribution is 2.36. The molecule has 0 spiro atoms. The Labute approximate surface area is 530 Å². The summed E-state index contributed by atoms with van der Waals surface area (Å²) < 4.78 is 5.58. The quantitative estimate of drug-likeness (QED) is 0.132. The van der Waals surface area contributed by atoms with Gasteiger partial charge in [-0.05, 0) is 95.5 Å². The molecule has 10 heteroatoms. The van der Waals surface area contributed by atoms with Gasteiger partial charge in [0.15, 0.2) is 11.6 Å². The summed E-state index contributed by atoms with van der Waals surface area (Å²) in [5.41, 5.74) is 19.6. The van der Waals surface area contributed by atoms with Gasteiger partial charge in [-0.15, -0.1) is 0 Å². The third kappa shape index (κ3) is 11.9. The summed E-state index contributed by atoms with van der Waals surface area (Å²) >= 11 is 3.54. The van der Waals surface area contributed by atoms with E-state index in [4.69, 9.17) is 19.9 Å². The molecule has 2 N–H and O–H groups in total. The van der Waals surface area contributed by atoms with Crippen molar-refractivity contribution >= 4 is 72.1 Å². The normalized spacial score (nSPS) is 11.1. The van der Waals surface area contributed by atoms with Crippen molar-refractivity contribution in [3.8, 4) is 90.3 Å². The number of aromatic nitrogens is 6. The van der Waals surface area contributed by atoms with Gasteiger partial charge in [-0.2, -0.15) is 0 Å². The fraction of sp³-hybridized carbons (Fsp3) is 0. The molecular weight excluding hydrogens is 1170 g/mol. The monoisotopic (exact) mass is 1220 g/mol. The van der Waals surface area contributed by atoms with E-state index in [9.17, 15) is 10.0 Å². The zero-order valence-corrected chi connectivity index (χ0v) is 50.3. The van der Waals surface area contributed by atoms with E-state index in [0.717, 1.165) is 106 Å². The SMILES string of the molecule is Brc1cccc(-c2cc(-c3ccccc3)nc(-c3ccccc3)n2)c1.OB(O)c1ccc(-n2c3ccccc3c3ccccc32)cc1.c1ccc(-c2cc(-c3cccc(-c4ccc(-n5c6ccccc6c6ccccc65)cc4)c3)nc(-c3ccccc3)n2)cc1. The summed E-state index contributed by atoms with van der Waals surface area (Å²) in [6.45, 7) is 0. The molecule has 0 aliphatic rings. The van der Waals surface area contributed by atoms with Gasteiger partial charge in [0.1, 0.15) is 0 Å². The smallest absolute Gasteiger partial charge is 0.423 e. The van der Waals surface area contributed by atoms with Crippen molar-refractivity contribution in [2.45, 2.75) is 0 Å². The minimum Gasteiger partial charge on any atom is -0.423 e. The Kier molecular flexibility index (Phi) is 16.2. The average Bonchev–Trinajstić information content (AvgIpc) is 1.76. The van der Waals surface area contributed by atoms with Gasteiger partial charge in [0.2, 0.25) is 0 Å². The number of rotatable bonds is 10. The highest BCUT2D eigenvalue weighted by molar-refractivity contribution is 9.10. The molecule has 0 fully saturated rings. The fourth-order valence-corrected chi connectivity index (χ4v) is 12.0. The van der Waals surface area contributed by atoms with E-state index in [2.05, 4.69) is 201 Å². The molecule has 4 aromatic heterocycles. The Balaban J connectivity index is 0.000000128. The maximum atomic E-state index is 9.24. The van der Waals surface area contributed by atoms with Crippen LogP contribution in [0, 0.1) is 0 Å². The first kappa shape index (κ1) is 56.7. The number of hydrogen-bond donors (Lipinski definition) is 2. The number of benzene rings is 12. The van der Waals surface area contributed by atoms with Crippen LogP contribution in [0.2, 0.25) is 0 Å². The van der Waals surface area contributed by atoms with Crippen LogP contribution in [0.5, 0.6) is 0 Å². The van der Waals surface area contributed by atoms with Crippen molar-refractivity contribution in [3.05, 3.63) is 332 Å². The lowest BCUT2D eigenvalue weighted by atomic mass is 9.80. The Bertz CT molecular complexity index is 4940. The van der Waals surface area contributed by atoms with Crippen molar-refractivity contribution in [2.75, 3.05) is 0 Å². The second-order valence-electron chi connectivity index (χ2n) is 21.7. The predicted molar refractivity (Wildman–Crippen MR) is 375 cm³/mol. The van der Waals surface area contributed by atoms with Crippen molar-refractivity contribution in [1.82, 2.24) is 29.1 Å². The first-order valence-corrected chi connectivity index (χ1v) is 30.6. The maximum absolute atomic E-state index is 9.24. The van der Waals surface area contributed by atoms with Gasteiger partial charge >= 0.3 is 7.12 Å². The van der Waals surface area contributed by atoms with E-state index < -0.39 is 7.12 Å². The summed E-state index contributed by atoms with van der Waals surface area (Å²) in [4.78, 5) is 19.6. The van der Waals surface area contributed by atoms with E-state index in [1.54, 1.807) is 12.1 Å². The third-order valence-electron chi connectivity index (χ3n) is 16.0. The van der Waals surface area contributed by atoms with Crippen molar-refractivity contribution in [1.29, 1.82) is 0 Å². The molecule has 0 aliphatic carbocycles. The topological polar surface area (TPSA) is 102 Å². The zero-order valence-electron chi connectivity index (χ0n) is 48.7. The van der Waals surface area contributed by atoms with Crippen LogP contribution in [0.4, 0.5) is 0 Å². The standard InChI is InChI=1S/C40H27N3.C22H15BrN2.C18H14BNO2/c1-3-12-29(13-4-1)36-27-37(42-40(41-36)30-14-5-2-6-15-30)32-17-11-16-31(26-32)28-22-24-33(25-23-28)43-38-20-9-7-18-34(38)35-19-8-10-21-39(35)43;23-19-13-7-12-18(14-19)21-15-20(16-8-3-1-4-9-16)24-22(25-21)17-10-5-2-6-11-17;21-19(22)13-9-11-14(12-10-13)20-17-7-3-1-5-15(17)16-6-2-4-8-18(16)20/h1-27H;1-15H;1-12,21-22H. The second kappa shape index (κ2) is 25.7. The van der Waals surface area contributed by atoms with Crippen LogP contribution in [0.1, 0.15) is 0 Å². The minimum atomic E-state index is -1.44. The molecule has 12 aromatic carbocycles. The number of fused-ring (bicyclic) bond motifs is 6. The summed E-state index contributed by atoms with van der Waals surface area (Å²) in [7, 11) is -1.44. The minimum absolute atomic E-state index is 0.490. The molecule has 90 heavy (non-hydrogen) atoms. The molecule has 0 saturated heterocycles. The van der Waals surface area contributed by atoms with E-state index in [-0.39, 0.29) is 0 Å². The first-order chi connectivity index (χ1) is 44.4. The summed E-state index contributed by atoms with van der Waals surface area (Å²) in [5, 5.41) is 23.4. The third-order valence-corrected chi connectivity index (χ3v) is 16.5. The molecule has 0 aliphatic heterocycles. The zero-order chi connectivity index (χ0) is 60.8. The average molecular weight is 1220 g/mol.